The fourth-order valence-electron chi connectivity index (χ4n) is 3.14. The monoisotopic (exact) mass is 482 g/mol. The zero-order valence-corrected chi connectivity index (χ0v) is 19.2. The lowest BCUT2D eigenvalue weighted by Crippen LogP contribution is -2.46. The Morgan fingerprint density at radius 1 is 1.23 bits per heavy atom. The second-order valence-corrected chi connectivity index (χ2v) is 7.60. The molecule has 154 valence electrons. The third-order valence-corrected chi connectivity index (χ3v) is 4.70. The summed E-state index contributed by atoms with van der Waals surface area (Å²) in [6.07, 6.45) is 3.86. The van der Waals surface area contributed by atoms with Crippen LogP contribution in [0, 0.1) is 11.8 Å². The molecule has 0 amide bonds. The van der Waals surface area contributed by atoms with E-state index in [0.29, 0.717) is 12.0 Å². The van der Waals surface area contributed by atoms with Gasteiger partial charge in [0.2, 0.25) is 0 Å². The van der Waals surface area contributed by atoms with Crippen molar-refractivity contribution in [3.8, 4) is 0 Å². The van der Waals surface area contributed by atoms with Gasteiger partial charge < -0.3 is 20.1 Å². The Morgan fingerprint density at radius 3 is 2.58 bits per heavy atom. The Bertz CT molecular complexity index is 386. The molecule has 6 nitrogen and oxygen atoms in total. The lowest BCUT2D eigenvalue weighted by Gasteiger charge is -2.34. The highest BCUT2D eigenvalue weighted by molar-refractivity contribution is 14.0. The first-order valence-corrected chi connectivity index (χ1v) is 10.1. The highest BCUT2D eigenvalue weighted by atomic mass is 127. The number of guanidine groups is 1. The van der Waals surface area contributed by atoms with Gasteiger partial charge in [-0.1, -0.05) is 13.8 Å². The van der Waals surface area contributed by atoms with Crippen LogP contribution in [-0.4, -0.2) is 76.1 Å². The molecule has 2 fully saturated rings. The number of aliphatic imine (C=N–C) groups is 1. The lowest BCUT2D eigenvalue weighted by molar-refractivity contribution is 0.0143. The summed E-state index contributed by atoms with van der Waals surface area (Å²) in [7, 11) is 0. The van der Waals surface area contributed by atoms with Crippen LogP contribution in [0.4, 0.5) is 0 Å². The SMILES string of the molecule is CCNC(=NCC(CC(C)C)N1CCOCC1)NCCOCC1CC1.I. The fourth-order valence-corrected chi connectivity index (χ4v) is 3.14. The molecule has 0 aromatic carbocycles. The fraction of sp³-hybridized carbons (Fsp3) is 0.947. The van der Waals surface area contributed by atoms with Gasteiger partial charge in [0.15, 0.2) is 5.96 Å². The van der Waals surface area contributed by atoms with Gasteiger partial charge in [-0.3, -0.25) is 9.89 Å². The number of rotatable bonds is 11. The van der Waals surface area contributed by atoms with E-state index in [0.717, 1.165) is 71.0 Å². The van der Waals surface area contributed by atoms with Crippen molar-refractivity contribution in [3.05, 3.63) is 0 Å². The largest absolute Gasteiger partial charge is 0.379 e. The summed E-state index contributed by atoms with van der Waals surface area (Å²) in [5.74, 6) is 2.40. The van der Waals surface area contributed by atoms with Crippen LogP contribution in [0.1, 0.15) is 40.0 Å². The molecule has 1 atom stereocenters. The minimum absolute atomic E-state index is 0. The molecule has 0 radical (unpaired) electrons. The Labute approximate surface area is 176 Å². The molecule has 2 aliphatic rings. The average molecular weight is 482 g/mol. The highest BCUT2D eigenvalue weighted by Crippen LogP contribution is 2.28. The van der Waals surface area contributed by atoms with E-state index in [1.54, 1.807) is 0 Å². The molecule has 2 N–H and O–H groups in total. The summed E-state index contributed by atoms with van der Waals surface area (Å²) in [6.45, 7) is 14.6. The second kappa shape index (κ2) is 14.0. The summed E-state index contributed by atoms with van der Waals surface area (Å²) in [6, 6.07) is 0.491. The van der Waals surface area contributed by atoms with E-state index >= 15 is 0 Å². The number of halogens is 1. The van der Waals surface area contributed by atoms with Crippen molar-refractivity contribution in [3.63, 3.8) is 0 Å². The van der Waals surface area contributed by atoms with Crippen LogP contribution >= 0.6 is 24.0 Å². The van der Waals surface area contributed by atoms with E-state index in [9.17, 15) is 0 Å². The lowest BCUT2D eigenvalue weighted by atomic mass is 10.0. The topological polar surface area (TPSA) is 58.1 Å². The molecule has 1 saturated heterocycles. The maximum atomic E-state index is 5.69. The third-order valence-electron chi connectivity index (χ3n) is 4.70. The molecule has 0 bridgehead atoms. The number of hydrogen-bond acceptors (Lipinski definition) is 4. The van der Waals surface area contributed by atoms with Gasteiger partial charge in [-0.15, -0.1) is 24.0 Å². The van der Waals surface area contributed by atoms with Crippen LogP contribution < -0.4 is 10.6 Å². The van der Waals surface area contributed by atoms with Crippen molar-refractivity contribution in [1.29, 1.82) is 0 Å². The predicted molar refractivity (Wildman–Crippen MR) is 119 cm³/mol. The van der Waals surface area contributed by atoms with Crippen molar-refractivity contribution in [2.45, 2.75) is 46.1 Å². The first-order valence-electron chi connectivity index (χ1n) is 10.1. The van der Waals surface area contributed by atoms with Crippen molar-refractivity contribution < 1.29 is 9.47 Å². The second-order valence-electron chi connectivity index (χ2n) is 7.60. The third kappa shape index (κ3) is 10.3. The standard InChI is InChI=1S/C19H38N4O2.HI/c1-4-20-19(21-7-10-25-15-17-5-6-17)22-14-18(13-16(2)3)23-8-11-24-12-9-23;/h16-18H,4-15H2,1-3H3,(H2,20,21,22);1H. The van der Waals surface area contributed by atoms with E-state index in [4.69, 9.17) is 14.5 Å². The van der Waals surface area contributed by atoms with Crippen LogP contribution in [0.2, 0.25) is 0 Å². The molecule has 0 spiro atoms. The van der Waals surface area contributed by atoms with Crippen molar-refractivity contribution in [2.75, 3.05) is 59.2 Å². The minimum atomic E-state index is 0. The van der Waals surface area contributed by atoms with Gasteiger partial charge in [-0.25, -0.2) is 0 Å². The van der Waals surface area contributed by atoms with Crippen LogP contribution in [0.5, 0.6) is 0 Å². The summed E-state index contributed by atoms with van der Waals surface area (Å²) < 4.78 is 11.2. The zero-order valence-electron chi connectivity index (χ0n) is 16.8. The summed E-state index contributed by atoms with van der Waals surface area (Å²) in [5, 5.41) is 6.74. The Balaban J connectivity index is 0.00000338. The van der Waals surface area contributed by atoms with Crippen molar-refractivity contribution >= 4 is 29.9 Å². The molecule has 1 heterocycles. The molecule has 1 unspecified atom stereocenters. The van der Waals surface area contributed by atoms with Gasteiger partial charge in [0.05, 0.1) is 26.4 Å². The Hall–Kier alpha value is -0.120. The molecule has 26 heavy (non-hydrogen) atoms. The quantitative estimate of drug-likeness (QED) is 0.205. The van der Waals surface area contributed by atoms with E-state index in [1.165, 1.54) is 19.3 Å². The predicted octanol–water partition coefficient (Wildman–Crippen LogP) is 2.33. The average Bonchev–Trinajstić information content (AvgIpc) is 3.42. The van der Waals surface area contributed by atoms with E-state index in [1.807, 2.05) is 0 Å². The highest BCUT2D eigenvalue weighted by Gasteiger charge is 2.22. The van der Waals surface area contributed by atoms with Crippen molar-refractivity contribution in [2.24, 2.45) is 16.8 Å². The van der Waals surface area contributed by atoms with Gasteiger partial charge in [0.25, 0.3) is 0 Å². The molecule has 0 aromatic rings. The smallest absolute Gasteiger partial charge is 0.191 e. The first-order chi connectivity index (χ1) is 12.2. The van der Waals surface area contributed by atoms with Gasteiger partial charge in [0, 0.05) is 38.8 Å². The van der Waals surface area contributed by atoms with Crippen molar-refractivity contribution in [1.82, 2.24) is 15.5 Å². The molecular weight excluding hydrogens is 443 g/mol. The Morgan fingerprint density at radius 2 is 1.96 bits per heavy atom. The van der Waals surface area contributed by atoms with Gasteiger partial charge in [-0.05, 0) is 38.0 Å². The maximum Gasteiger partial charge on any atom is 0.191 e. The molecule has 1 aliphatic carbocycles. The molecule has 0 aromatic heterocycles. The van der Waals surface area contributed by atoms with Crippen LogP contribution in [0.3, 0.4) is 0 Å². The summed E-state index contributed by atoms with van der Waals surface area (Å²) in [4.78, 5) is 7.38. The number of morpholine rings is 1. The number of hydrogen-bond donors (Lipinski definition) is 2. The van der Waals surface area contributed by atoms with E-state index < -0.39 is 0 Å². The van der Waals surface area contributed by atoms with Crippen LogP contribution in [0.15, 0.2) is 4.99 Å². The molecule has 1 aliphatic heterocycles. The zero-order chi connectivity index (χ0) is 17.9. The van der Waals surface area contributed by atoms with Gasteiger partial charge in [-0.2, -0.15) is 0 Å². The minimum Gasteiger partial charge on any atom is -0.379 e. The maximum absolute atomic E-state index is 5.69. The molecule has 2 rings (SSSR count). The Kier molecular flexibility index (Phi) is 12.8. The van der Waals surface area contributed by atoms with Crippen LogP contribution in [0.25, 0.3) is 0 Å². The van der Waals surface area contributed by atoms with E-state index in [2.05, 4.69) is 36.3 Å². The molecule has 7 heteroatoms. The molecule has 1 saturated carbocycles. The first kappa shape index (κ1) is 23.9. The number of nitrogens with one attached hydrogen (secondary N) is 2. The molecular formula is C19H39IN4O2. The summed E-state index contributed by atoms with van der Waals surface area (Å²) in [5.41, 5.74) is 0. The summed E-state index contributed by atoms with van der Waals surface area (Å²) >= 11 is 0. The normalized spacial score (nSPS) is 19.9. The van der Waals surface area contributed by atoms with E-state index in [-0.39, 0.29) is 24.0 Å². The van der Waals surface area contributed by atoms with Gasteiger partial charge >= 0.3 is 0 Å². The van der Waals surface area contributed by atoms with Gasteiger partial charge in [0.1, 0.15) is 0 Å². The number of nitrogens with zero attached hydrogens (tertiary/aromatic N) is 2. The van der Waals surface area contributed by atoms with Crippen LogP contribution in [-0.2, 0) is 9.47 Å². The number of ether oxygens (including phenoxy) is 2.